The highest BCUT2D eigenvalue weighted by Crippen LogP contribution is 2.27. The SMILES string of the molecule is C[C@@H](NC(=O)c1ccc2nc(-c3ccc(Cl)cc3)c(CCc3cc(F)cc(CC(=O)O)c3)nc2c1)c1ccc(F)cc1. The van der Waals surface area contributed by atoms with Crippen LogP contribution in [-0.2, 0) is 24.1 Å². The first-order chi connectivity index (χ1) is 20.1. The van der Waals surface area contributed by atoms with Crippen molar-refractivity contribution < 1.29 is 23.5 Å². The summed E-state index contributed by atoms with van der Waals surface area (Å²) in [5, 5.41) is 12.6. The molecule has 4 aromatic carbocycles. The van der Waals surface area contributed by atoms with Gasteiger partial charge in [0.05, 0.1) is 34.9 Å². The summed E-state index contributed by atoms with van der Waals surface area (Å²) in [5.74, 6) is -2.21. The minimum absolute atomic E-state index is 0.277. The van der Waals surface area contributed by atoms with Gasteiger partial charge in [0.1, 0.15) is 11.6 Å². The third kappa shape index (κ3) is 6.95. The van der Waals surface area contributed by atoms with Crippen molar-refractivity contribution >= 4 is 34.5 Å². The van der Waals surface area contributed by atoms with Crippen molar-refractivity contribution in [2.75, 3.05) is 0 Å². The normalized spacial score (nSPS) is 11.8. The van der Waals surface area contributed by atoms with E-state index in [4.69, 9.17) is 26.7 Å². The fourth-order valence-corrected chi connectivity index (χ4v) is 4.89. The van der Waals surface area contributed by atoms with E-state index >= 15 is 0 Å². The number of halogens is 3. The Morgan fingerprint density at radius 1 is 0.833 bits per heavy atom. The fourth-order valence-electron chi connectivity index (χ4n) is 4.76. The molecule has 212 valence electrons. The maximum atomic E-state index is 14.2. The zero-order valence-electron chi connectivity index (χ0n) is 22.6. The summed E-state index contributed by atoms with van der Waals surface area (Å²) in [7, 11) is 0. The predicted octanol–water partition coefficient (Wildman–Crippen LogP) is 7.13. The van der Waals surface area contributed by atoms with E-state index in [1.54, 1.807) is 48.5 Å². The molecule has 5 aromatic rings. The van der Waals surface area contributed by atoms with Crippen LogP contribution in [0.25, 0.3) is 22.3 Å². The fraction of sp³-hybridized carbons (Fsp3) is 0.152. The number of nitrogens with zero attached hydrogens (tertiary/aromatic N) is 2. The van der Waals surface area contributed by atoms with E-state index in [-0.39, 0.29) is 24.2 Å². The number of fused-ring (bicyclic) bond motifs is 1. The van der Waals surface area contributed by atoms with E-state index < -0.39 is 11.8 Å². The number of benzene rings is 4. The van der Waals surface area contributed by atoms with Crippen molar-refractivity contribution in [1.29, 1.82) is 0 Å². The summed E-state index contributed by atoms with van der Waals surface area (Å²) in [6, 6.07) is 22.1. The molecule has 0 fully saturated rings. The summed E-state index contributed by atoms with van der Waals surface area (Å²) < 4.78 is 27.5. The summed E-state index contributed by atoms with van der Waals surface area (Å²) >= 11 is 6.10. The van der Waals surface area contributed by atoms with Gasteiger partial charge >= 0.3 is 5.97 Å². The number of amides is 1. The molecule has 5 rings (SSSR count). The number of aromatic nitrogens is 2. The number of nitrogens with one attached hydrogen (secondary N) is 1. The lowest BCUT2D eigenvalue weighted by molar-refractivity contribution is -0.136. The molecular formula is C33H26ClF2N3O3. The van der Waals surface area contributed by atoms with Crippen LogP contribution in [0.15, 0.2) is 84.9 Å². The van der Waals surface area contributed by atoms with Gasteiger partial charge in [-0.2, -0.15) is 0 Å². The molecule has 0 radical (unpaired) electrons. The molecule has 0 saturated carbocycles. The Morgan fingerprint density at radius 2 is 1.55 bits per heavy atom. The highest BCUT2D eigenvalue weighted by atomic mass is 35.5. The van der Waals surface area contributed by atoms with Gasteiger partial charge in [-0.1, -0.05) is 41.9 Å². The lowest BCUT2D eigenvalue weighted by Gasteiger charge is -2.15. The first kappa shape index (κ1) is 28.8. The van der Waals surface area contributed by atoms with E-state index in [2.05, 4.69) is 5.32 Å². The molecule has 0 spiro atoms. The van der Waals surface area contributed by atoms with Crippen LogP contribution >= 0.6 is 11.6 Å². The summed E-state index contributed by atoms with van der Waals surface area (Å²) in [5.41, 5.74) is 5.32. The Bertz CT molecular complexity index is 1780. The summed E-state index contributed by atoms with van der Waals surface area (Å²) in [6.07, 6.45) is 0.497. The maximum absolute atomic E-state index is 14.2. The van der Waals surface area contributed by atoms with E-state index in [9.17, 15) is 18.4 Å². The molecule has 42 heavy (non-hydrogen) atoms. The average molecular weight is 586 g/mol. The number of carbonyl (C=O) groups excluding carboxylic acids is 1. The molecule has 1 aromatic heterocycles. The number of hydrogen-bond donors (Lipinski definition) is 2. The highest BCUT2D eigenvalue weighted by Gasteiger charge is 2.16. The summed E-state index contributed by atoms with van der Waals surface area (Å²) in [6.45, 7) is 1.82. The standard InChI is InChI=1S/C33H26ClF2N3O3/c1-19(22-5-10-26(35)11-6-22)37-33(42)24-7-13-28-30(18-24)38-29(32(39-28)23-3-8-25(34)9-4-23)12-2-20-14-21(17-31(40)41)16-27(36)15-20/h3-11,13-16,18-19H,2,12,17H2,1H3,(H,37,42)(H,40,41)/t19-/m1/s1. The monoisotopic (exact) mass is 585 g/mol. The van der Waals surface area contributed by atoms with Crippen LogP contribution < -0.4 is 5.32 Å². The number of aryl methyl sites for hydroxylation is 2. The number of rotatable bonds is 9. The second-order valence-electron chi connectivity index (χ2n) is 10.0. The third-order valence-electron chi connectivity index (χ3n) is 6.86. The molecule has 0 aliphatic carbocycles. The van der Waals surface area contributed by atoms with Crippen molar-refractivity contribution in [3.8, 4) is 11.3 Å². The van der Waals surface area contributed by atoms with Gasteiger partial charge in [-0.3, -0.25) is 9.59 Å². The zero-order valence-corrected chi connectivity index (χ0v) is 23.3. The minimum Gasteiger partial charge on any atom is -0.481 e. The Labute approximate surface area is 246 Å². The van der Waals surface area contributed by atoms with Gasteiger partial charge in [0.2, 0.25) is 0 Å². The Hall–Kier alpha value is -4.69. The second kappa shape index (κ2) is 12.4. The zero-order chi connectivity index (χ0) is 29.8. The lowest BCUT2D eigenvalue weighted by Crippen LogP contribution is -2.26. The van der Waals surface area contributed by atoms with Crippen molar-refractivity contribution in [2.45, 2.75) is 32.2 Å². The number of carboxylic acid groups (broad SMARTS) is 1. The molecule has 0 bridgehead atoms. The van der Waals surface area contributed by atoms with Gasteiger partial charge < -0.3 is 10.4 Å². The number of carbonyl (C=O) groups is 2. The molecule has 0 aliphatic rings. The molecule has 9 heteroatoms. The molecule has 0 unspecified atom stereocenters. The first-order valence-corrected chi connectivity index (χ1v) is 13.7. The number of carboxylic acids is 1. The van der Waals surface area contributed by atoms with Gasteiger partial charge in [0.15, 0.2) is 0 Å². The molecule has 6 nitrogen and oxygen atoms in total. The maximum Gasteiger partial charge on any atom is 0.307 e. The number of hydrogen-bond acceptors (Lipinski definition) is 4. The minimum atomic E-state index is -1.04. The first-order valence-electron chi connectivity index (χ1n) is 13.3. The molecule has 1 heterocycles. The van der Waals surface area contributed by atoms with Gasteiger partial charge in [0.25, 0.3) is 5.91 Å². The lowest BCUT2D eigenvalue weighted by atomic mass is 10.0. The van der Waals surface area contributed by atoms with Crippen LogP contribution in [0, 0.1) is 11.6 Å². The third-order valence-corrected chi connectivity index (χ3v) is 7.11. The predicted molar refractivity (Wildman–Crippen MR) is 157 cm³/mol. The van der Waals surface area contributed by atoms with E-state index in [1.807, 2.05) is 19.1 Å². The smallest absolute Gasteiger partial charge is 0.307 e. The Balaban J connectivity index is 1.46. The van der Waals surface area contributed by atoms with Gasteiger partial charge in [0, 0.05) is 16.1 Å². The van der Waals surface area contributed by atoms with E-state index in [0.29, 0.717) is 57.0 Å². The Morgan fingerprint density at radius 3 is 2.26 bits per heavy atom. The van der Waals surface area contributed by atoms with Crippen molar-refractivity contribution in [2.24, 2.45) is 0 Å². The van der Waals surface area contributed by atoms with E-state index in [0.717, 1.165) is 11.1 Å². The molecular weight excluding hydrogens is 560 g/mol. The van der Waals surface area contributed by atoms with E-state index in [1.165, 1.54) is 24.3 Å². The quantitative estimate of drug-likeness (QED) is 0.192. The molecule has 0 aliphatic heterocycles. The van der Waals surface area contributed by atoms with Crippen LogP contribution in [0.2, 0.25) is 5.02 Å². The van der Waals surface area contributed by atoms with Crippen LogP contribution in [0.4, 0.5) is 8.78 Å². The van der Waals surface area contributed by atoms with Gasteiger partial charge in [-0.05, 0) is 91.1 Å². The number of aliphatic carboxylic acids is 1. The largest absolute Gasteiger partial charge is 0.481 e. The molecule has 2 N–H and O–H groups in total. The molecule has 1 amide bonds. The molecule has 1 atom stereocenters. The van der Waals surface area contributed by atoms with Crippen molar-refractivity contribution in [1.82, 2.24) is 15.3 Å². The van der Waals surface area contributed by atoms with Crippen molar-refractivity contribution in [3.63, 3.8) is 0 Å². The molecule has 0 saturated heterocycles. The average Bonchev–Trinajstić information content (AvgIpc) is 2.95. The van der Waals surface area contributed by atoms with Gasteiger partial charge in [-0.15, -0.1) is 0 Å². The van der Waals surface area contributed by atoms with Crippen molar-refractivity contribution in [3.05, 3.63) is 130 Å². The van der Waals surface area contributed by atoms with Crippen LogP contribution in [0.3, 0.4) is 0 Å². The highest BCUT2D eigenvalue weighted by molar-refractivity contribution is 6.30. The Kier molecular flexibility index (Phi) is 8.54. The van der Waals surface area contributed by atoms with Crippen LogP contribution in [0.1, 0.15) is 45.7 Å². The van der Waals surface area contributed by atoms with Gasteiger partial charge in [-0.25, -0.2) is 18.7 Å². The van der Waals surface area contributed by atoms with Crippen LogP contribution in [0.5, 0.6) is 0 Å². The summed E-state index contributed by atoms with van der Waals surface area (Å²) in [4.78, 5) is 33.9. The topological polar surface area (TPSA) is 92.2 Å². The second-order valence-corrected chi connectivity index (χ2v) is 10.5. The van der Waals surface area contributed by atoms with Crippen LogP contribution in [-0.4, -0.2) is 27.0 Å².